The molecule has 1 aliphatic heterocycles. The van der Waals surface area contributed by atoms with E-state index >= 15 is 0 Å². The molecule has 3 rings (SSSR count). The Hall–Kier alpha value is -0.870. The Morgan fingerprint density at radius 1 is 1.39 bits per heavy atom. The molecule has 3 unspecified atom stereocenters. The average Bonchev–Trinajstić information content (AvgIpc) is 2.86. The average molecular weight is 248 g/mol. The molecule has 4 heteroatoms. The highest BCUT2D eigenvalue weighted by Crippen LogP contribution is 2.30. The summed E-state index contributed by atoms with van der Waals surface area (Å²) in [6.45, 7) is 3.49. The number of aromatic nitrogens is 2. The topological polar surface area (TPSA) is 33.1 Å². The van der Waals surface area contributed by atoms with Crippen molar-refractivity contribution >= 4 is 0 Å². The van der Waals surface area contributed by atoms with Crippen LogP contribution in [0, 0.1) is 0 Å². The van der Waals surface area contributed by atoms with Crippen LogP contribution in [0.2, 0.25) is 0 Å². The molecule has 1 aliphatic carbocycles. The molecule has 100 valence electrons. The van der Waals surface area contributed by atoms with Crippen molar-refractivity contribution in [3.05, 3.63) is 17.5 Å². The lowest BCUT2D eigenvalue weighted by atomic mass is 9.92. The minimum absolute atomic E-state index is 0.520. The summed E-state index contributed by atoms with van der Waals surface area (Å²) in [6.07, 6.45) is 7.05. The number of fused-ring (bicyclic) bond motifs is 1. The van der Waals surface area contributed by atoms with Crippen LogP contribution in [0.5, 0.6) is 0 Å². The van der Waals surface area contributed by atoms with Crippen molar-refractivity contribution in [2.24, 2.45) is 7.05 Å². The van der Waals surface area contributed by atoms with Gasteiger partial charge < -0.3 is 10.2 Å². The first-order valence-electron chi connectivity index (χ1n) is 7.12. The Kier molecular flexibility index (Phi) is 3.16. The molecule has 1 aromatic rings. The summed E-state index contributed by atoms with van der Waals surface area (Å²) in [5, 5.41) is 8.27. The van der Waals surface area contributed by atoms with Crippen LogP contribution in [0.1, 0.15) is 43.5 Å². The third-order valence-electron chi connectivity index (χ3n) is 4.70. The van der Waals surface area contributed by atoms with Gasteiger partial charge in [-0.2, -0.15) is 5.10 Å². The molecule has 0 aromatic carbocycles. The predicted octanol–water partition coefficient (Wildman–Crippen LogP) is 1.48. The van der Waals surface area contributed by atoms with Gasteiger partial charge in [0, 0.05) is 43.0 Å². The molecule has 0 radical (unpaired) electrons. The maximum absolute atomic E-state index is 4.42. The van der Waals surface area contributed by atoms with Gasteiger partial charge in [-0.05, 0) is 39.7 Å². The first-order valence-corrected chi connectivity index (χ1v) is 7.12. The SMILES string of the molecule is CC1CC(NC2CCCc3c2cnn3C)CN1C. The fraction of sp³-hybridized carbons (Fsp3) is 0.786. The lowest BCUT2D eigenvalue weighted by Gasteiger charge is -2.27. The summed E-state index contributed by atoms with van der Waals surface area (Å²) in [6, 6.07) is 1.87. The Morgan fingerprint density at radius 2 is 2.22 bits per heavy atom. The molecule has 3 atom stereocenters. The quantitative estimate of drug-likeness (QED) is 0.860. The van der Waals surface area contributed by atoms with Crippen LogP contribution < -0.4 is 5.32 Å². The minimum Gasteiger partial charge on any atom is -0.306 e. The van der Waals surface area contributed by atoms with Crippen LogP contribution in [0.4, 0.5) is 0 Å². The summed E-state index contributed by atoms with van der Waals surface area (Å²) in [4.78, 5) is 2.45. The molecular weight excluding hydrogens is 224 g/mol. The number of hydrogen-bond acceptors (Lipinski definition) is 3. The van der Waals surface area contributed by atoms with Crippen LogP contribution in [0.15, 0.2) is 6.20 Å². The molecule has 0 bridgehead atoms. The van der Waals surface area contributed by atoms with Gasteiger partial charge in [0.1, 0.15) is 0 Å². The second-order valence-corrected chi connectivity index (χ2v) is 6.00. The monoisotopic (exact) mass is 248 g/mol. The van der Waals surface area contributed by atoms with Crippen LogP contribution in [-0.4, -0.2) is 40.4 Å². The summed E-state index contributed by atoms with van der Waals surface area (Å²) < 4.78 is 2.05. The van der Waals surface area contributed by atoms with Gasteiger partial charge in [-0.1, -0.05) is 0 Å². The molecule has 1 fully saturated rings. The maximum atomic E-state index is 4.42. The Balaban J connectivity index is 1.71. The number of aryl methyl sites for hydroxylation is 1. The molecule has 18 heavy (non-hydrogen) atoms. The van der Waals surface area contributed by atoms with Crippen molar-refractivity contribution in [1.82, 2.24) is 20.0 Å². The van der Waals surface area contributed by atoms with Gasteiger partial charge >= 0.3 is 0 Å². The van der Waals surface area contributed by atoms with Crippen molar-refractivity contribution in [1.29, 1.82) is 0 Å². The third kappa shape index (κ3) is 2.08. The molecule has 0 spiro atoms. The number of nitrogens with one attached hydrogen (secondary N) is 1. The van der Waals surface area contributed by atoms with E-state index in [1.54, 1.807) is 0 Å². The minimum atomic E-state index is 0.520. The van der Waals surface area contributed by atoms with Crippen LogP contribution in [0.3, 0.4) is 0 Å². The van der Waals surface area contributed by atoms with Gasteiger partial charge in [0.15, 0.2) is 0 Å². The third-order valence-corrected chi connectivity index (χ3v) is 4.70. The fourth-order valence-electron chi connectivity index (χ4n) is 3.48. The van der Waals surface area contributed by atoms with E-state index < -0.39 is 0 Å². The molecule has 1 N–H and O–H groups in total. The number of likely N-dealkylation sites (N-methyl/N-ethyl adjacent to an activating group) is 1. The summed E-state index contributed by atoms with van der Waals surface area (Å²) >= 11 is 0. The predicted molar refractivity (Wildman–Crippen MR) is 72.5 cm³/mol. The van der Waals surface area contributed by atoms with E-state index in [0.29, 0.717) is 18.1 Å². The molecule has 4 nitrogen and oxygen atoms in total. The van der Waals surface area contributed by atoms with Crippen molar-refractivity contribution < 1.29 is 0 Å². The normalized spacial score (nSPS) is 32.7. The molecular formula is C14H24N4. The van der Waals surface area contributed by atoms with Crippen LogP contribution in [-0.2, 0) is 13.5 Å². The molecule has 2 aliphatic rings. The highest BCUT2D eigenvalue weighted by Gasteiger charge is 2.30. The van der Waals surface area contributed by atoms with Gasteiger partial charge in [0.25, 0.3) is 0 Å². The van der Waals surface area contributed by atoms with E-state index in [4.69, 9.17) is 0 Å². The largest absolute Gasteiger partial charge is 0.306 e. The van der Waals surface area contributed by atoms with Crippen molar-refractivity contribution in [2.45, 2.75) is 50.7 Å². The fourth-order valence-corrected chi connectivity index (χ4v) is 3.48. The lowest BCUT2D eigenvalue weighted by molar-refractivity contribution is 0.322. The summed E-state index contributed by atoms with van der Waals surface area (Å²) in [5.74, 6) is 0. The van der Waals surface area contributed by atoms with Gasteiger partial charge in [0.2, 0.25) is 0 Å². The van der Waals surface area contributed by atoms with Crippen molar-refractivity contribution in [2.75, 3.05) is 13.6 Å². The van der Waals surface area contributed by atoms with E-state index in [9.17, 15) is 0 Å². The summed E-state index contributed by atoms with van der Waals surface area (Å²) in [5.41, 5.74) is 2.86. The first kappa shape index (κ1) is 12.2. The highest BCUT2D eigenvalue weighted by atomic mass is 15.3. The zero-order chi connectivity index (χ0) is 12.7. The number of hydrogen-bond donors (Lipinski definition) is 1. The van der Waals surface area contributed by atoms with Gasteiger partial charge in [-0.25, -0.2) is 0 Å². The van der Waals surface area contributed by atoms with E-state index in [-0.39, 0.29) is 0 Å². The molecule has 1 aromatic heterocycles. The van der Waals surface area contributed by atoms with Crippen molar-refractivity contribution in [3.8, 4) is 0 Å². The van der Waals surface area contributed by atoms with E-state index in [1.165, 1.54) is 43.5 Å². The first-order chi connectivity index (χ1) is 8.65. The zero-order valence-corrected chi connectivity index (χ0v) is 11.7. The molecule has 0 amide bonds. The molecule has 2 heterocycles. The Labute approximate surface area is 109 Å². The van der Waals surface area contributed by atoms with Gasteiger partial charge in [-0.15, -0.1) is 0 Å². The Bertz CT molecular complexity index is 415. The molecule has 0 saturated carbocycles. The maximum Gasteiger partial charge on any atom is 0.0540 e. The van der Waals surface area contributed by atoms with Crippen LogP contribution >= 0.6 is 0 Å². The number of likely N-dealkylation sites (tertiary alicyclic amines) is 1. The van der Waals surface area contributed by atoms with E-state index in [2.05, 4.69) is 42.5 Å². The van der Waals surface area contributed by atoms with Crippen molar-refractivity contribution in [3.63, 3.8) is 0 Å². The van der Waals surface area contributed by atoms with E-state index in [0.717, 1.165) is 0 Å². The standard InChI is InChI=1S/C14H24N4/c1-10-7-11(9-17(10)2)16-13-5-4-6-14-12(13)8-15-18(14)3/h8,10-11,13,16H,4-7,9H2,1-3H3. The Morgan fingerprint density at radius 3 is 2.94 bits per heavy atom. The van der Waals surface area contributed by atoms with Crippen LogP contribution in [0.25, 0.3) is 0 Å². The lowest BCUT2D eigenvalue weighted by Crippen LogP contribution is -2.36. The molecule has 1 saturated heterocycles. The zero-order valence-electron chi connectivity index (χ0n) is 11.7. The van der Waals surface area contributed by atoms with Gasteiger partial charge in [-0.3, -0.25) is 4.68 Å². The summed E-state index contributed by atoms with van der Waals surface area (Å²) in [7, 11) is 4.29. The van der Waals surface area contributed by atoms with Gasteiger partial charge in [0.05, 0.1) is 6.20 Å². The smallest absolute Gasteiger partial charge is 0.0540 e. The second-order valence-electron chi connectivity index (χ2n) is 6.00. The number of rotatable bonds is 2. The van der Waals surface area contributed by atoms with E-state index in [1.807, 2.05) is 4.68 Å². The number of nitrogens with zero attached hydrogens (tertiary/aromatic N) is 3. The second kappa shape index (κ2) is 4.67. The highest BCUT2D eigenvalue weighted by molar-refractivity contribution is 5.25.